The van der Waals surface area contributed by atoms with Crippen molar-refractivity contribution in [2.75, 3.05) is 24.4 Å². The van der Waals surface area contributed by atoms with Crippen LogP contribution in [0, 0.1) is 0 Å². The molecule has 3 rings (SSSR count). The quantitative estimate of drug-likeness (QED) is 0.552. The lowest BCUT2D eigenvalue weighted by Crippen LogP contribution is -2.28. The first-order valence-corrected chi connectivity index (χ1v) is 9.96. The number of ether oxygens (including phenoxy) is 2. The summed E-state index contributed by atoms with van der Waals surface area (Å²) in [6.45, 7) is 2.84. The molecule has 1 atom stereocenters. The molecular formula is C25H28N2O3. The van der Waals surface area contributed by atoms with Crippen LogP contribution in [0.2, 0.25) is 0 Å². The number of methoxy groups -OCH3 is 1. The number of hydrogen-bond acceptors (Lipinski definition) is 4. The molecule has 0 saturated heterocycles. The average molecular weight is 405 g/mol. The highest BCUT2D eigenvalue weighted by molar-refractivity contribution is 5.96. The lowest BCUT2D eigenvalue weighted by Gasteiger charge is -2.23. The van der Waals surface area contributed by atoms with Crippen LogP contribution in [-0.4, -0.2) is 26.2 Å². The maximum atomic E-state index is 12.7. The molecule has 0 spiro atoms. The molecule has 1 amide bonds. The van der Waals surface area contributed by atoms with E-state index in [0.29, 0.717) is 6.61 Å². The summed E-state index contributed by atoms with van der Waals surface area (Å²) in [5.74, 6) is 0.585. The molecule has 3 aromatic rings. The van der Waals surface area contributed by atoms with E-state index < -0.39 is 6.10 Å². The van der Waals surface area contributed by atoms with Crippen molar-refractivity contribution in [1.29, 1.82) is 0 Å². The van der Waals surface area contributed by atoms with Gasteiger partial charge in [-0.25, -0.2) is 0 Å². The molecule has 1 unspecified atom stereocenters. The van der Waals surface area contributed by atoms with Gasteiger partial charge in [0.15, 0.2) is 0 Å². The van der Waals surface area contributed by atoms with Gasteiger partial charge in [0, 0.05) is 13.6 Å². The summed E-state index contributed by atoms with van der Waals surface area (Å²) in [7, 11) is 3.64. The van der Waals surface area contributed by atoms with Crippen LogP contribution in [0.15, 0.2) is 78.9 Å². The molecule has 3 aromatic carbocycles. The van der Waals surface area contributed by atoms with Gasteiger partial charge in [-0.05, 0) is 42.3 Å². The van der Waals surface area contributed by atoms with Gasteiger partial charge in [0.1, 0.15) is 11.9 Å². The molecule has 0 radical (unpaired) electrons. The van der Waals surface area contributed by atoms with Crippen LogP contribution in [0.3, 0.4) is 0 Å². The minimum Gasteiger partial charge on any atom is -0.497 e. The number of carbonyl (C=O) groups is 1. The molecular weight excluding hydrogens is 376 g/mol. The lowest BCUT2D eigenvalue weighted by atomic mass is 10.2. The summed E-state index contributed by atoms with van der Waals surface area (Å²) in [4.78, 5) is 14.8. The van der Waals surface area contributed by atoms with Crippen molar-refractivity contribution in [3.8, 4) is 5.75 Å². The minimum atomic E-state index is -0.594. The molecule has 0 aliphatic rings. The Bertz CT molecular complexity index is 959. The van der Waals surface area contributed by atoms with Crippen molar-refractivity contribution in [1.82, 2.24) is 0 Å². The second-order valence-electron chi connectivity index (χ2n) is 7.15. The second-order valence-corrected chi connectivity index (χ2v) is 7.15. The van der Waals surface area contributed by atoms with Gasteiger partial charge < -0.3 is 19.7 Å². The van der Waals surface area contributed by atoms with Crippen LogP contribution >= 0.6 is 0 Å². The maximum absolute atomic E-state index is 12.7. The van der Waals surface area contributed by atoms with E-state index in [-0.39, 0.29) is 5.91 Å². The first kappa shape index (κ1) is 21.4. The third-order valence-corrected chi connectivity index (χ3v) is 4.84. The Morgan fingerprint density at radius 2 is 1.67 bits per heavy atom. The van der Waals surface area contributed by atoms with Gasteiger partial charge in [0.05, 0.1) is 25.1 Å². The maximum Gasteiger partial charge on any atom is 0.253 e. The van der Waals surface area contributed by atoms with Crippen molar-refractivity contribution in [2.45, 2.75) is 26.2 Å². The van der Waals surface area contributed by atoms with Crippen LogP contribution < -0.4 is 15.0 Å². The zero-order chi connectivity index (χ0) is 21.3. The normalized spacial score (nSPS) is 11.6. The SMILES string of the molecule is COc1cccc(COC(C)C(=O)Nc2ccccc2N(C)Cc2ccccc2)c1. The third-order valence-electron chi connectivity index (χ3n) is 4.84. The van der Waals surface area contributed by atoms with Gasteiger partial charge in [0.2, 0.25) is 0 Å². The Hall–Kier alpha value is -3.31. The zero-order valence-corrected chi connectivity index (χ0v) is 17.7. The summed E-state index contributed by atoms with van der Waals surface area (Å²) >= 11 is 0. The van der Waals surface area contributed by atoms with E-state index in [1.54, 1.807) is 14.0 Å². The van der Waals surface area contributed by atoms with E-state index in [1.165, 1.54) is 5.56 Å². The van der Waals surface area contributed by atoms with Crippen LogP contribution in [-0.2, 0) is 22.7 Å². The molecule has 1 N–H and O–H groups in total. The number of carbonyl (C=O) groups excluding carboxylic acids is 1. The summed E-state index contributed by atoms with van der Waals surface area (Å²) in [6, 6.07) is 25.7. The van der Waals surface area contributed by atoms with Crippen molar-refractivity contribution >= 4 is 17.3 Å². The number of para-hydroxylation sites is 2. The van der Waals surface area contributed by atoms with Crippen LogP contribution in [0.25, 0.3) is 0 Å². The standard InChI is InChI=1S/C25H28N2O3/c1-19(30-18-21-12-9-13-22(16-21)29-3)25(28)26-23-14-7-8-15-24(23)27(2)17-20-10-5-4-6-11-20/h4-16,19H,17-18H2,1-3H3,(H,26,28). The van der Waals surface area contributed by atoms with Gasteiger partial charge in [-0.2, -0.15) is 0 Å². The zero-order valence-electron chi connectivity index (χ0n) is 17.7. The summed E-state index contributed by atoms with van der Waals surface area (Å²) in [5, 5.41) is 3.01. The number of nitrogens with one attached hydrogen (secondary N) is 1. The van der Waals surface area contributed by atoms with Crippen molar-refractivity contribution in [3.63, 3.8) is 0 Å². The minimum absolute atomic E-state index is 0.182. The fourth-order valence-corrected chi connectivity index (χ4v) is 3.15. The predicted molar refractivity (Wildman–Crippen MR) is 121 cm³/mol. The highest BCUT2D eigenvalue weighted by Gasteiger charge is 2.16. The van der Waals surface area contributed by atoms with Gasteiger partial charge in [-0.3, -0.25) is 4.79 Å². The van der Waals surface area contributed by atoms with E-state index in [9.17, 15) is 4.79 Å². The molecule has 0 saturated carbocycles. The Labute approximate surface area is 178 Å². The van der Waals surface area contributed by atoms with E-state index in [0.717, 1.165) is 29.2 Å². The Morgan fingerprint density at radius 3 is 2.43 bits per heavy atom. The molecule has 0 aliphatic carbocycles. The Kier molecular flexibility index (Phi) is 7.46. The number of amides is 1. The topological polar surface area (TPSA) is 50.8 Å². The van der Waals surface area contributed by atoms with Crippen molar-refractivity contribution in [2.24, 2.45) is 0 Å². The monoisotopic (exact) mass is 404 g/mol. The molecule has 5 heteroatoms. The smallest absolute Gasteiger partial charge is 0.253 e. The number of anilines is 2. The third kappa shape index (κ3) is 5.84. The van der Waals surface area contributed by atoms with Gasteiger partial charge in [0.25, 0.3) is 5.91 Å². The van der Waals surface area contributed by atoms with Crippen molar-refractivity contribution < 1.29 is 14.3 Å². The fraction of sp³-hybridized carbons (Fsp3) is 0.240. The van der Waals surface area contributed by atoms with E-state index in [1.807, 2.05) is 73.8 Å². The molecule has 0 aromatic heterocycles. The van der Waals surface area contributed by atoms with Crippen LogP contribution in [0.1, 0.15) is 18.1 Å². The highest BCUT2D eigenvalue weighted by atomic mass is 16.5. The van der Waals surface area contributed by atoms with E-state index in [4.69, 9.17) is 9.47 Å². The van der Waals surface area contributed by atoms with E-state index >= 15 is 0 Å². The molecule has 5 nitrogen and oxygen atoms in total. The van der Waals surface area contributed by atoms with Gasteiger partial charge in [-0.1, -0.05) is 54.6 Å². The lowest BCUT2D eigenvalue weighted by molar-refractivity contribution is -0.127. The average Bonchev–Trinajstić information content (AvgIpc) is 2.78. The Morgan fingerprint density at radius 1 is 0.967 bits per heavy atom. The van der Waals surface area contributed by atoms with Gasteiger partial charge >= 0.3 is 0 Å². The second kappa shape index (κ2) is 10.5. The largest absolute Gasteiger partial charge is 0.497 e. The highest BCUT2D eigenvalue weighted by Crippen LogP contribution is 2.26. The van der Waals surface area contributed by atoms with Crippen LogP contribution in [0.5, 0.6) is 5.75 Å². The number of rotatable bonds is 9. The molecule has 0 heterocycles. The first-order chi connectivity index (χ1) is 14.6. The number of benzene rings is 3. The Balaban J connectivity index is 1.61. The molecule has 30 heavy (non-hydrogen) atoms. The molecule has 0 fully saturated rings. The fourth-order valence-electron chi connectivity index (χ4n) is 3.15. The first-order valence-electron chi connectivity index (χ1n) is 9.96. The molecule has 156 valence electrons. The number of nitrogens with zero attached hydrogens (tertiary/aromatic N) is 1. The molecule has 0 bridgehead atoms. The summed E-state index contributed by atoms with van der Waals surface area (Å²) in [6.07, 6.45) is -0.594. The summed E-state index contributed by atoms with van der Waals surface area (Å²) in [5.41, 5.74) is 3.88. The predicted octanol–water partition coefficient (Wildman–Crippen LogP) is 4.88. The van der Waals surface area contributed by atoms with Crippen LogP contribution in [0.4, 0.5) is 11.4 Å². The molecule has 0 aliphatic heterocycles. The van der Waals surface area contributed by atoms with Crippen molar-refractivity contribution in [3.05, 3.63) is 90.0 Å². The number of hydrogen-bond donors (Lipinski definition) is 1. The summed E-state index contributed by atoms with van der Waals surface area (Å²) < 4.78 is 11.0. The van der Waals surface area contributed by atoms with E-state index in [2.05, 4.69) is 22.3 Å². The van der Waals surface area contributed by atoms with Gasteiger partial charge in [-0.15, -0.1) is 0 Å².